The number of hydrogen-bond acceptors (Lipinski definition) is 7. The molecule has 0 saturated carbocycles. The number of benzene rings is 2. The van der Waals surface area contributed by atoms with E-state index in [1.54, 1.807) is 30.3 Å². The maximum atomic E-state index is 12.9. The smallest absolute Gasteiger partial charge is 0.387 e. The highest BCUT2D eigenvalue weighted by molar-refractivity contribution is 7.89. The third-order valence-electron chi connectivity index (χ3n) is 4.37. The van der Waals surface area contributed by atoms with E-state index in [2.05, 4.69) is 20.6 Å². The van der Waals surface area contributed by atoms with Crippen LogP contribution in [0.3, 0.4) is 0 Å². The van der Waals surface area contributed by atoms with Gasteiger partial charge in [-0.2, -0.15) is 18.2 Å². The number of anilines is 3. The topological polar surface area (TPSA) is 104 Å². The number of aliphatic hydroxyl groups excluding tert-OH is 1. The Morgan fingerprint density at radius 2 is 1.81 bits per heavy atom. The van der Waals surface area contributed by atoms with E-state index in [9.17, 15) is 26.7 Å². The Labute approximate surface area is 183 Å². The van der Waals surface area contributed by atoms with E-state index >= 15 is 0 Å². The van der Waals surface area contributed by atoms with E-state index in [1.807, 2.05) is 0 Å². The van der Waals surface area contributed by atoms with Crippen LogP contribution in [-0.2, 0) is 21.8 Å². The van der Waals surface area contributed by atoms with E-state index in [0.29, 0.717) is 17.1 Å². The molecule has 3 N–H and O–H groups in total. The molecule has 0 fully saturated rings. The predicted octanol–water partition coefficient (Wildman–Crippen LogP) is 3.93. The van der Waals surface area contributed by atoms with Crippen LogP contribution in [0.15, 0.2) is 60.8 Å². The minimum atomic E-state index is -4.49. The average Bonchev–Trinajstić information content (AvgIpc) is 2.72. The molecule has 0 aliphatic heterocycles. The zero-order valence-electron chi connectivity index (χ0n) is 17.0. The average molecular weight is 466 g/mol. The first-order valence-electron chi connectivity index (χ1n) is 9.45. The van der Waals surface area contributed by atoms with E-state index in [-0.39, 0.29) is 23.8 Å². The molecular weight excluding hydrogens is 445 g/mol. The van der Waals surface area contributed by atoms with Gasteiger partial charge < -0.3 is 15.7 Å². The van der Waals surface area contributed by atoms with Gasteiger partial charge in [0.25, 0.3) is 0 Å². The molecular formula is C21H21F3N4O3S. The number of nitrogens with zero attached hydrogens (tertiary/aromatic N) is 2. The number of aliphatic hydroxyl groups is 1. The number of sulfone groups is 1. The second kappa shape index (κ2) is 9.53. The van der Waals surface area contributed by atoms with Crippen LogP contribution in [0.5, 0.6) is 0 Å². The van der Waals surface area contributed by atoms with Crippen LogP contribution >= 0.6 is 0 Å². The molecule has 0 bridgehead atoms. The van der Waals surface area contributed by atoms with Crippen LogP contribution in [0.25, 0.3) is 0 Å². The molecule has 0 amide bonds. The Bertz CT molecular complexity index is 1170. The van der Waals surface area contributed by atoms with E-state index in [4.69, 9.17) is 0 Å². The molecule has 3 aromatic rings. The van der Waals surface area contributed by atoms with Crippen molar-refractivity contribution < 1.29 is 26.7 Å². The van der Waals surface area contributed by atoms with Crippen LogP contribution in [0.2, 0.25) is 0 Å². The lowest BCUT2D eigenvalue weighted by molar-refractivity contribution is -0.137. The Balaban J connectivity index is 1.62. The largest absolute Gasteiger partial charge is 0.416 e. The number of alkyl halides is 3. The highest BCUT2D eigenvalue weighted by atomic mass is 32.2. The van der Waals surface area contributed by atoms with Gasteiger partial charge in [-0.1, -0.05) is 24.3 Å². The number of rotatable bonds is 8. The molecule has 0 saturated heterocycles. The highest BCUT2D eigenvalue weighted by Gasteiger charge is 2.30. The molecule has 1 atom stereocenters. The van der Waals surface area contributed by atoms with Crippen LogP contribution in [0.1, 0.15) is 22.8 Å². The number of hydrogen-bond donors (Lipinski definition) is 3. The molecule has 32 heavy (non-hydrogen) atoms. The molecule has 0 aliphatic carbocycles. The fourth-order valence-corrected chi connectivity index (χ4v) is 3.67. The summed E-state index contributed by atoms with van der Waals surface area (Å²) in [5.74, 6) is 0.554. The van der Waals surface area contributed by atoms with Gasteiger partial charge in [-0.05, 0) is 41.5 Å². The maximum Gasteiger partial charge on any atom is 0.416 e. The molecule has 3 rings (SSSR count). The van der Waals surface area contributed by atoms with Crippen molar-refractivity contribution in [1.82, 2.24) is 9.97 Å². The number of halogens is 3. The SMILES string of the molecule is CS(=O)(=O)Cc1ccc(Nc2nccc(NCC(O)c3cccc(C(F)(F)F)c3)n2)cc1. The monoisotopic (exact) mass is 466 g/mol. The van der Waals surface area contributed by atoms with Gasteiger partial charge in [0, 0.05) is 24.7 Å². The van der Waals surface area contributed by atoms with Gasteiger partial charge in [0.2, 0.25) is 5.95 Å². The molecule has 1 heterocycles. The predicted molar refractivity (Wildman–Crippen MR) is 115 cm³/mol. The second-order valence-electron chi connectivity index (χ2n) is 7.18. The van der Waals surface area contributed by atoms with Crippen LogP contribution < -0.4 is 10.6 Å². The summed E-state index contributed by atoms with van der Waals surface area (Å²) in [5, 5.41) is 16.1. The summed E-state index contributed by atoms with van der Waals surface area (Å²) in [7, 11) is -3.13. The minimum absolute atomic E-state index is 0.0576. The molecule has 7 nitrogen and oxygen atoms in total. The first-order valence-corrected chi connectivity index (χ1v) is 11.5. The number of nitrogens with one attached hydrogen (secondary N) is 2. The van der Waals surface area contributed by atoms with Crippen molar-refractivity contribution in [2.24, 2.45) is 0 Å². The first-order chi connectivity index (χ1) is 15.0. The maximum absolute atomic E-state index is 12.9. The summed E-state index contributed by atoms with van der Waals surface area (Å²) in [4.78, 5) is 8.35. The molecule has 170 valence electrons. The minimum Gasteiger partial charge on any atom is -0.387 e. The quantitative estimate of drug-likeness (QED) is 0.462. The van der Waals surface area contributed by atoms with E-state index in [1.165, 1.54) is 18.3 Å². The van der Waals surface area contributed by atoms with Crippen molar-refractivity contribution in [1.29, 1.82) is 0 Å². The third-order valence-corrected chi connectivity index (χ3v) is 5.23. The lowest BCUT2D eigenvalue weighted by atomic mass is 10.1. The summed E-state index contributed by atoms with van der Waals surface area (Å²) in [6.45, 7) is -0.0576. The molecule has 0 spiro atoms. The van der Waals surface area contributed by atoms with E-state index < -0.39 is 27.7 Å². The normalized spacial score (nSPS) is 12.9. The van der Waals surface area contributed by atoms with Gasteiger partial charge >= 0.3 is 6.18 Å². The van der Waals surface area contributed by atoms with Crippen molar-refractivity contribution in [2.75, 3.05) is 23.4 Å². The van der Waals surface area contributed by atoms with Crippen molar-refractivity contribution in [2.45, 2.75) is 18.0 Å². The van der Waals surface area contributed by atoms with E-state index in [0.717, 1.165) is 18.4 Å². The molecule has 11 heteroatoms. The van der Waals surface area contributed by atoms with Gasteiger partial charge in [0.05, 0.1) is 17.4 Å². The molecule has 0 aliphatic rings. The zero-order valence-corrected chi connectivity index (χ0v) is 17.8. The van der Waals surface area contributed by atoms with Gasteiger partial charge in [0.1, 0.15) is 5.82 Å². The van der Waals surface area contributed by atoms with Crippen LogP contribution in [0.4, 0.5) is 30.6 Å². The van der Waals surface area contributed by atoms with Crippen molar-refractivity contribution in [3.05, 3.63) is 77.5 Å². The summed E-state index contributed by atoms with van der Waals surface area (Å²) >= 11 is 0. The van der Waals surface area contributed by atoms with Crippen molar-refractivity contribution in [3.63, 3.8) is 0 Å². The lowest BCUT2D eigenvalue weighted by Gasteiger charge is -2.15. The fourth-order valence-electron chi connectivity index (χ4n) is 2.87. The Morgan fingerprint density at radius 3 is 2.47 bits per heavy atom. The molecule has 1 unspecified atom stereocenters. The first kappa shape index (κ1) is 23.5. The third kappa shape index (κ3) is 6.92. The Morgan fingerprint density at radius 1 is 1.09 bits per heavy atom. The molecule has 1 aromatic heterocycles. The van der Waals surface area contributed by atoms with Gasteiger partial charge in [-0.25, -0.2) is 13.4 Å². The van der Waals surface area contributed by atoms with Gasteiger partial charge in [0.15, 0.2) is 9.84 Å². The van der Waals surface area contributed by atoms with Gasteiger partial charge in [-0.3, -0.25) is 0 Å². The van der Waals surface area contributed by atoms with Crippen LogP contribution in [-0.4, -0.2) is 36.3 Å². The molecule has 2 aromatic carbocycles. The highest BCUT2D eigenvalue weighted by Crippen LogP contribution is 2.30. The summed E-state index contributed by atoms with van der Waals surface area (Å²) in [6, 6.07) is 12.8. The van der Waals surface area contributed by atoms with Gasteiger partial charge in [-0.15, -0.1) is 0 Å². The Kier molecular flexibility index (Phi) is 6.99. The zero-order chi connectivity index (χ0) is 23.4. The molecule has 0 radical (unpaired) electrons. The standard InChI is InChI=1S/C21H21F3N4O3S/c1-32(30,31)13-14-5-7-17(8-6-14)27-20-25-10-9-19(28-20)26-12-18(29)15-3-2-4-16(11-15)21(22,23)24/h2-11,18,29H,12-13H2,1H3,(H2,25,26,27,28). The van der Waals surface area contributed by atoms with Crippen LogP contribution in [0, 0.1) is 0 Å². The van der Waals surface area contributed by atoms with Crippen molar-refractivity contribution in [3.8, 4) is 0 Å². The summed E-state index contributed by atoms with van der Waals surface area (Å²) < 4.78 is 61.3. The van der Waals surface area contributed by atoms with Crippen molar-refractivity contribution >= 4 is 27.3 Å². The Hall–Kier alpha value is -3.18. The summed E-state index contributed by atoms with van der Waals surface area (Å²) in [6.07, 6.45) is -3.02. The second-order valence-corrected chi connectivity index (χ2v) is 9.32. The summed E-state index contributed by atoms with van der Waals surface area (Å²) in [5.41, 5.74) is 0.598. The number of aromatic nitrogens is 2. The lowest BCUT2D eigenvalue weighted by Crippen LogP contribution is -2.14. The fraction of sp³-hybridized carbons (Fsp3) is 0.238.